The quantitative estimate of drug-likeness (QED) is 0.0343. The monoisotopic (exact) mass is 644 g/mol. The highest BCUT2D eigenvalue weighted by Gasteiger charge is 2.24. The van der Waals surface area contributed by atoms with E-state index in [1.54, 1.807) is 0 Å². The lowest BCUT2D eigenvalue weighted by Gasteiger charge is -2.30. The van der Waals surface area contributed by atoms with Crippen LogP contribution in [0.1, 0.15) is 142 Å². The molecular weight excluding hydrogens is 575 g/mol. The Morgan fingerprint density at radius 2 is 1.36 bits per heavy atom. The van der Waals surface area contributed by atoms with E-state index in [1.165, 1.54) is 44.9 Å². The maximum absolute atomic E-state index is 12.7. The predicted molar refractivity (Wildman–Crippen MR) is 182 cm³/mol. The zero-order valence-electron chi connectivity index (χ0n) is 29.1. The van der Waals surface area contributed by atoms with Gasteiger partial charge in [-0.2, -0.15) is 0 Å². The molecule has 0 spiro atoms. The molecule has 8 nitrogen and oxygen atoms in total. The fraction of sp³-hybridized carbons (Fsp3) is 0.857. The molecule has 2 N–H and O–H groups in total. The normalized spacial score (nSPS) is 15.2. The molecule has 260 valence electrons. The van der Waals surface area contributed by atoms with Crippen molar-refractivity contribution in [1.29, 1.82) is 0 Å². The number of allylic oxidation sites excluding steroid dienone is 4. The molecule has 0 aliphatic carbocycles. The molecule has 0 saturated carbocycles. The van der Waals surface area contributed by atoms with Crippen molar-refractivity contribution in [3.63, 3.8) is 0 Å². The van der Waals surface area contributed by atoms with Crippen LogP contribution in [-0.2, 0) is 18.4 Å². The first-order chi connectivity index (χ1) is 21.0. The summed E-state index contributed by atoms with van der Waals surface area (Å²) in [5.74, 6) is -0.185. The maximum atomic E-state index is 12.7. The molecule has 0 aromatic heterocycles. The van der Waals surface area contributed by atoms with E-state index >= 15 is 0 Å². The summed E-state index contributed by atoms with van der Waals surface area (Å²) in [5.41, 5.74) is 0. The number of rotatable bonds is 31. The van der Waals surface area contributed by atoms with Gasteiger partial charge >= 0.3 is 0 Å². The predicted octanol–water partition coefficient (Wildman–Crippen LogP) is 7.99. The van der Waals surface area contributed by atoms with E-state index in [4.69, 9.17) is 9.05 Å². The van der Waals surface area contributed by atoms with Crippen LogP contribution in [0.4, 0.5) is 0 Å². The fourth-order valence-electron chi connectivity index (χ4n) is 4.78. The van der Waals surface area contributed by atoms with Crippen molar-refractivity contribution in [2.45, 2.75) is 154 Å². The van der Waals surface area contributed by atoms with Crippen molar-refractivity contribution in [3.05, 3.63) is 24.3 Å². The number of carbonyl (C=O) groups excluding carboxylic acids is 1. The number of nitrogens with one attached hydrogen (secondary N) is 1. The van der Waals surface area contributed by atoms with Gasteiger partial charge in [-0.3, -0.25) is 9.36 Å². The Labute approximate surface area is 271 Å². The van der Waals surface area contributed by atoms with Crippen LogP contribution in [-0.4, -0.2) is 68.5 Å². The van der Waals surface area contributed by atoms with Gasteiger partial charge in [0.05, 0.1) is 39.9 Å². The van der Waals surface area contributed by atoms with Crippen LogP contribution in [0.3, 0.4) is 0 Å². The molecule has 0 saturated heterocycles. The average molecular weight is 645 g/mol. The van der Waals surface area contributed by atoms with Crippen molar-refractivity contribution >= 4 is 13.7 Å². The Hall–Kier alpha value is -1.02. The minimum Gasteiger partial charge on any atom is -0.756 e. The van der Waals surface area contributed by atoms with Crippen molar-refractivity contribution < 1.29 is 32.9 Å². The molecular formula is C35H69N2O6P. The minimum atomic E-state index is -4.55. The van der Waals surface area contributed by atoms with Gasteiger partial charge in [-0.15, -0.1) is 0 Å². The number of aliphatic hydroxyl groups excluding tert-OH is 1. The van der Waals surface area contributed by atoms with Crippen LogP contribution in [0.15, 0.2) is 24.3 Å². The molecule has 0 fully saturated rings. The molecule has 0 aliphatic heterocycles. The summed E-state index contributed by atoms with van der Waals surface area (Å²) >= 11 is 0. The number of phosphoric ester groups is 1. The van der Waals surface area contributed by atoms with Gasteiger partial charge in [0.1, 0.15) is 13.2 Å². The van der Waals surface area contributed by atoms with Crippen LogP contribution in [0.25, 0.3) is 0 Å². The van der Waals surface area contributed by atoms with Crippen molar-refractivity contribution in [2.75, 3.05) is 40.9 Å². The third-order valence-electron chi connectivity index (χ3n) is 7.67. The number of hydrogen-bond donors (Lipinski definition) is 2. The third kappa shape index (κ3) is 29.7. The summed E-state index contributed by atoms with van der Waals surface area (Å²) in [6, 6.07) is -0.801. The number of unbranched alkanes of at least 4 members (excludes halogenated alkanes) is 14. The Kier molecular flexibility index (Phi) is 27.6. The number of carbonyl (C=O) groups is 1. The second-order valence-corrected chi connectivity index (χ2v) is 14.6. The van der Waals surface area contributed by atoms with Crippen molar-refractivity contribution in [1.82, 2.24) is 5.32 Å². The van der Waals surface area contributed by atoms with E-state index in [2.05, 4.69) is 43.5 Å². The molecule has 3 unspecified atom stereocenters. The standard InChI is InChI=1S/C35H69N2O6P/c1-6-8-10-12-14-16-17-18-19-21-23-25-27-29-35(39)36-33(32-43-44(40,41)42-31-30-37(3,4)5)34(38)28-26-24-22-20-15-13-11-9-7-2/h10,12,16-17,33-34,38H,6-9,11,13-15,18-32H2,1-5H3,(H-,36,39,40,41)/b12-10-,17-16-. The molecule has 0 aliphatic rings. The van der Waals surface area contributed by atoms with Gasteiger partial charge in [0.15, 0.2) is 0 Å². The zero-order valence-corrected chi connectivity index (χ0v) is 30.0. The highest BCUT2D eigenvalue weighted by molar-refractivity contribution is 7.45. The molecule has 3 atom stereocenters. The molecule has 9 heteroatoms. The van der Waals surface area contributed by atoms with Gasteiger partial charge in [0.2, 0.25) is 5.91 Å². The topological polar surface area (TPSA) is 108 Å². The number of aliphatic hydroxyl groups is 1. The first kappa shape index (κ1) is 43.0. The first-order valence-electron chi connectivity index (χ1n) is 17.7. The van der Waals surface area contributed by atoms with E-state index in [9.17, 15) is 19.4 Å². The van der Waals surface area contributed by atoms with Crippen LogP contribution in [0.2, 0.25) is 0 Å². The lowest BCUT2D eigenvalue weighted by Crippen LogP contribution is -2.46. The number of likely N-dealkylation sites (N-methyl/N-ethyl adjacent to an activating group) is 1. The second-order valence-electron chi connectivity index (χ2n) is 13.2. The highest BCUT2D eigenvalue weighted by atomic mass is 31.2. The van der Waals surface area contributed by atoms with Crippen molar-refractivity contribution in [3.8, 4) is 0 Å². The Morgan fingerprint density at radius 3 is 1.98 bits per heavy atom. The number of quaternary nitrogens is 1. The summed E-state index contributed by atoms with van der Waals surface area (Å²) in [6.45, 7) is 4.58. The van der Waals surface area contributed by atoms with E-state index in [-0.39, 0.29) is 19.1 Å². The molecule has 0 bridgehead atoms. The SMILES string of the molecule is CCC/C=C\C/C=C\CCCCCCCC(=O)NC(COP(=O)([O-])OCC[N+](C)(C)C)C(O)CCCCCCCCCCC. The van der Waals surface area contributed by atoms with Gasteiger partial charge in [0.25, 0.3) is 7.82 Å². The Bertz CT molecular complexity index is 784. The highest BCUT2D eigenvalue weighted by Crippen LogP contribution is 2.38. The molecule has 0 rings (SSSR count). The summed E-state index contributed by atoms with van der Waals surface area (Å²) in [7, 11) is 1.29. The number of amides is 1. The second kappa shape index (κ2) is 28.2. The summed E-state index contributed by atoms with van der Waals surface area (Å²) in [4.78, 5) is 25.1. The van der Waals surface area contributed by atoms with Crippen LogP contribution in [0, 0.1) is 0 Å². The molecule has 44 heavy (non-hydrogen) atoms. The van der Waals surface area contributed by atoms with E-state index in [1.807, 2.05) is 21.1 Å². The third-order valence-corrected chi connectivity index (χ3v) is 8.64. The lowest BCUT2D eigenvalue weighted by molar-refractivity contribution is -0.870. The summed E-state index contributed by atoms with van der Waals surface area (Å²) in [5, 5.41) is 13.7. The maximum Gasteiger partial charge on any atom is 0.268 e. The molecule has 0 heterocycles. The summed E-state index contributed by atoms with van der Waals surface area (Å²) in [6.07, 6.45) is 28.9. The minimum absolute atomic E-state index is 0.00891. The van der Waals surface area contributed by atoms with Crippen LogP contribution in [0.5, 0.6) is 0 Å². The van der Waals surface area contributed by atoms with Crippen LogP contribution < -0.4 is 10.2 Å². The van der Waals surface area contributed by atoms with Gasteiger partial charge in [-0.05, 0) is 38.5 Å². The van der Waals surface area contributed by atoms with E-state index in [0.29, 0.717) is 23.9 Å². The molecule has 0 radical (unpaired) electrons. The zero-order chi connectivity index (χ0) is 32.9. The molecule has 1 amide bonds. The average Bonchev–Trinajstić information content (AvgIpc) is 2.95. The van der Waals surface area contributed by atoms with Crippen LogP contribution >= 0.6 is 7.82 Å². The van der Waals surface area contributed by atoms with Crippen molar-refractivity contribution in [2.24, 2.45) is 0 Å². The number of hydrogen-bond acceptors (Lipinski definition) is 6. The van der Waals surface area contributed by atoms with Gasteiger partial charge in [-0.1, -0.05) is 122 Å². The largest absolute Gasteiger partial charge is 0.756 e. The lowest BCUT2D eigenvalue weighted by atomic mass is 10.0. The molecule has 0 aromatic rings. The Morgan fingerprint density at radius 1 is 0.795 bits per heavy atom. The fourth-order valence-corrected chi connectivity index (χ4v) is 5.50. The van der Waals surface area contributed by atoms with E-state index < -0.39 is 20.0 Å². The Balaban J connectivity index is 4.53. The number of phosphoric acid groups is 1. The van der Waals surface area contributed by atoms with E-state index in [0.717, 1.165) is 70.6 Å². The molecule has 0 aromatic carbocycles. The smallest absolute Gasteiger partial charge is 0.268 e. The summed E-state index contributed by atoms with van der Waals surface area (Å²) < 4.78 is 23.0. The first-order valence-corrected chi connectivity index (χ1v) is 19.1. The number of nitrogens with zero attached hydrogens (tertiary/aromatic N) is 1. The van der Waals surface area contributed by atoms with Gasteiger partial charge in [-0.25, -0.2) is 0 Å². The van der Waals surface area contributed by atoms with Gasteiger partial charge in [0, 0.05) is 6.42 Å². The van der Waals surface area contributed by atoms with Gasteiger partial charge < -0.3 is 28.8 Å².